The molecule has 0 saturated heterocycles. The van der Waals surface area contributed by atoms with Crippen molar-refractivity contribution in [2.45, 2.75) is 5.41 Å². The molecule has 322 valence electrons. The highest BCUT2D eigenvalue weighted by atomic mass is 16.3. The number of aromatic nitrogens is 2. The minimum absolute atomic E-state index is 0.561. The van der Waals surface area contributed by atoms with Gasteiger partial charge in [-0.15, -0.1) is 0 Å². The summed E-state index contributed by atoms with van der Waals surface area (Å²) in [6, 6.07) is 86.5. The molecule has 0 aliphatic heterocycles. The summed E-state index contributed by atoms with van der Waals surface area (Å²) in [5.41, 5.74) is 19.1. The number of fused-ring (bicyclic) bond motifs is 9. The van der Waals surface area contributed by atoms with E-state index in [1.54, 1.807) is 0 Å². The van der Waals surface area contributed by atoms with Crippen molar-refractivity contribution in [1.29, 1.82) is 0 Å². The lowest BCUT2D eigenvalue weighted by atomic mass is 9.67. The van der Waals surface area contributed by atoms with Gasteiger partial charge < -0.3 is 8.83 Å². The molecule has 0 fully saturated rings. The Hall–Kier alpha value is -9.12. The highest BCUT2D eigenvalue weighted by Crippen LogP contribution is 2.57. The quantitative estimate of drug-likeness (QED) is 0.160. The van der Waals surface area contributed by atoms with E-state index in [0.717, 1.165) is 94.2 Å². The molecule has 4 heteroatoms. The predicted octanol–water partition coefficient (Wildman–Crippen LogP) is 17.0. The molecular formula is C65H40N2O2. The van der Waals surface area contributed by atoms with Gasteiger partial charge in [0, 0.05) is 38.2 Å². The maximum Gasteiger partial charge on any atom is 0.160 e. The molecule has 0 atom stereocenters. The van der Waals surface area contributed by atoms with Gasteiger partial charge in [-0.1, -0.05) is 194 Å². The summed E-state index contributed by atoms with van der Waals surface area (Å²) in [5, 5.41) is 4.30. The highest BCUT2D eigenvalue weighted by molar-refractivity contribution is 6.09. The van der Waals surface area contributed by atoms with Gasteiger partial charge >= 0.3 is 0 Å². The van der Waals surface area contributed by atoms with E-state index in [9.17, 15) is 0 Å². The van der Waals surface area contributed by atoms with Gasteiger partial charge in [-0.3, -0.25) is 0 Å². The van der Waals surface area contributed by atoms with Crippen LogP contribution in [0.5, 0.6) is 0 Å². The topological polar surface area (TPSA) is 52.1 Å². The second-order valence-electron chi connectivity index (χ2n) is 18.0. The summed E-state index contributed by atoms with van der Waals surface area (Å²) < 4.78 is 12.7. The lowest BCUT2D eigenvalue weighted by Gasteiger charge is -2.34. The Balaban J connectivity index is 1.04. The maximum absolute atomic E-state index is 6.34. The van der Waals surface area contributed by atoms with Crippen molar-refractivity contribution in [1.82, 2.24) is 9.97 Å². The standard InChI is InChI=1S/C65H40N2O2/c1-4-17-41(18-5-1)64-66-57(44-31-34-50-49-23-10-13-28-55(49)65(56(50)39-44,45-19-6-2-7-20-45)46-21-8-3-9-22-46)40-58(67-64)63-47(42-32-35-61-53(37-42)51-24-11-14-29-59(51)68-61)26-16-27-48(63)43-33-36-62-54(38-43)52-25-12-15-30-60(52)69-62/h1-40H. The number of para-hydroxylation sites is 2. The van der Waals surface area contributed by atoms with Crippen LogP contribution in [0.4, 0.5) is 0 Å². The van der Waals surface area contributed by atoms with Crippen molar-refractivity contribution < 1.29 is 8.83 Å². The third kappa shape index (κ3) is 6.09. The van der Waals surface area contributed by atoms with Gasteiger partial charge in [-0.05, 0) is 104 Å². The number of hydrogen-bond donors (Lipinski definition) is 0. The zero-order valence-corrected chi connectivity index (χ0v) is 37.3. The van der Waals surface area contributed by atoms with Gasteiger partial charge in [-0.2, -0.15) is 0 Å². The Bertz CT molecular complexity index is 3960. The molecule has 0 bridgehead atoms. The lowest BCUT2D eigenvalue weighted by molar-refractivity contribution is 0.668. The molecule has 14 rings (SSSR count). The van der Waals surface area contributed by atoms with E-state index in [-0.39, 0.29) is 0 Å². The zero-order valence-electron chi connectivity index (χ0n) is 37.3. The van der Waals surface area contributed by atoms with Crippen molar-refractivity contribution in [3.63, 3.8) is 0 Å². The van der Waals surface area contributed by atoms with Gasteiger partial charge in [-0.25, -0.2) is 9.97 Å². The molecule has 0 unspecified atom stereocenters. The van der Waals surface area contributed by atoms with Crippen molar-refractivity contribution in [3.8, 4) is 67.3 Å². The van der Waals surface area contributed by atoms with Crippen LogP contribution in [0.3, 0.4) is 0 Å². The molecular weight excluding hydrogens is 841 g/mol. The molecule has 0 radical (unpaired) electrons. The van der Waals surface area contributed by atoms with Crippen molar-refractivity contribution in [2.24, 2.45) is 0 Å². The second-order valence-corrected chi connectivity index (χ2v) is 18.0. The minimum Gasteiger partial charge on any atom is -0.456 e. The van der Waals surface area contributed by atoms with Crippen molar-refractivity contribution in [2.75, 3.05) is 0 Å². The molecule has 1 aliphatic rings. The Morgan fingerprint density at radius 2 is 0.768 bits per heavy atom. The predicted molar refractivity (Wildman–Crippen MR) is 281 cm³/mol. The molecule has 4 nitrogen and oxygen atoms in total. The van der Waals surface area contributed by atoms with E-state index in [0.29, 0.717) is 5.82 Å². The van der Waals surface area contributed by atoms with Crippen LogP contribution in [0.25, 0.3) is 111 Å². The van der Waals surface area contributed by atoms with Crippen LogP contribution in [0.1, 0.15) is 22.3 Å². The number of nitrogens with zero attached hydrogens (tertiary/aromatic N) is 2. The highest BCUT2D eigenvalue weighted by Gasteiger charge is 2.46. The molecule has 3 heterocycles. The van der Waals surface area contributed by atoms with E-state index in [2.05, 4.69) is 212 Å². The monoisotopic (exact) mass is 880 g/mol. The normalized spacial score (nSPS) is 12.8. The van der Waals surface area contributed by atoms with Gasteiger partial charge in [0.25, 0.3) is 0 Å². The summed E-state index contributed by atoms with van der Waals surface area (Å²) in [5.74, 6) is 0.651. The molecule has 0 spiro atoms. The first-order valence-corrected chi connectivity index (χ1v) is 23.5. The molecule has 1 aliphatic carbocycles. The van der Waals surface area contributed by atoms with Gasteiger partial charge in [0.2, 0.25) is 0 Å². The van der Waals surface area contributed by atoms with Crippen molar-refractivity contribution >= 4 is 43.9 Å². The van der Waals surface area contributed by atoms with Crippen LogP contribution in [-0.4, -0.2) is 9.97 Å². The first-order valence-electron chi connectivity index (χ1n) is 23.5. The molecule has 10 aromatic carbocycles. The molecule has 0 amide bonds. The number of furan rings is 2. The Morgan fingerprint density at radius 3 is 1.39 bits per heavy atom. The van der Waals surface area contributed by atoms with Crippen LogP contribution in [0, 0.1) is 0 Å². The smallest absolute Gasteiger partial charge is 0.160 e. The maximum atomic E-state index is 6.34. The Morgan fingerprint density at radius 1 is 0.290 bits per heavy atom. The van der Waals surface area contributed by atoms with E-state index in [1.807, 2.05) is 30.3 Å². The molecule has 69 heavy (non-hydrogen) atoms. The number of rotatable bonds is 7. The first-order chi connectivity index (χ1) is 34.2. The fraction of sp³-hybridized carbons (Fsp3) is 0.0154. The zero-order chi connectivity index (χ0) is 45.5. The van der Waals surface area contributed by atoms with Crippen LogP contribution in [0.2, 0.25) is 0 Å². The average molecular weight is 881 g/mol. The largest absolute Gasteiger partial charge is 0.456 e. The minimum atomic E-state index is -0.561. The SMILES string of the molecule is c1ccc(-c2nc(-c3ccc4c(c3)C(c3ccccc3)(c3ccccc3)c3ccccc3-4)cc(-c3c(-c4ccc5oc6ccccc6c5c4)cccc3-c3ccc4oc5ccccc5c4c3)n2)cc1. The van der Waals surface area contributed by atoms with Crippen molar-refractivity contribution in [3.05, 3.63) is 265 Å². The lowest BCUT2D eigenvalue weighted by Crippen LogP contribution is -2.28. The van der Waals surface area contributed by atoms with E-state index < -0.39 is 5.41 Å². The first kappa shape index (κ1) is 39.1. The summed E-state index contributed by atoms with van der Waals surface area (Å²) in [6.45, 7) is 0. The summed E-state index contributed by atoms with van der Waals surface area (Å²) in [4.78, 5) is 11.0. The molecule has 0 N–H and O–H groups in total. The fourth-order valence-electron chi connectivity index (χ4n) is 11.1. The van der Waals surface area contributed by atoms with Crippen LogP contribution < -0.4 is 0 Å². The van der Waals surface area contributed by atoms with E-state index >= 15 is 0 Å². The van der Waals surface area contributed by atoms with Crippen LogP contribution >= 0.6 is 0 Å². The molecule has 3 aromatic heterocycles. The third-order valence-electron chi connectivity index (χ3n) is 14.2. The second kappa shape index (κ2) is 15.5. The van der Waals surface area contributed by atoms with Gasteiger partial charge in [0.05, 0.1) is 16.8 Å². The molecule has 0 saturated carbocycles. The van der Waals surface area contributed by atoms with E-state index in [1.165, 1.54) is 33.4 Å². The van der Waals surface area contributed by atoms with Gasteiger partial charge in [0.15, 0.2) is 5.82 Å². The number of benzene rings is 10. The van der Waals surface area contributed by atoms with Crippen LogP contribution in [-0.2, 0) is 5.41 Å². The third-order valence-corrected chi connectivity index (χ3v) is 14.2. The fourth-order valence-corrected chi connectivity index (χ4v) is 11.1. The van der Waals surface area contributed by atoms with E-state index in [4.69, 9.17) is 18.8 Å². The Kier molecular flexibility index (Phi) is 8.77. The average Bonchev–Trinajstić information content (AvgIpc) is 4.09. The summed E-state index contributed by atoms with van der Waals surface area (Å²) in [6.07, 6.45) is 0. The summed E-state index contributed by atoms with van der Waals surface area (Å²) in [7, 11) is 0. The molecule has 13 aromatic rings. The van der Waals surface area contributed by atoms with Gasteiger partial charge in [0.1, 0.15) is 22.3 Å². The van der Waals surface area contributed by atoms with Crippen LogP contribution in [0.15, 0.2) is 251 Å². The Labute approximate surface area is 398 Å². The summed E-state index contributed by atoms with van der Waals surface area (Å²) >= 11 is 0. The number of hydrogen-bond acceptors (Lipinski definition) is 4.